The van der Waals surface area contributed by atoms with Crippen LogP contribution in [0.25, 0.3) is 0 Å². The molecule has 2 fully saturated rings. The lowest BCUT2D eigenvalue weighted by atomic mass is 9.57. The number of ether oxygens (including phenoxy) is 1. The lowest BCUT2D eigenvalue weighted by Gasteiger charge is -2.49. The molecule has 11 heteroatoms. The molecule has 1 unspecified atom stereocenters. The number of allylic oxidation sites excluding steroid dienone is 4. The number of nitrogens with one attached hydrogen (secondary N) is 2. The molecule has 1 spiro atoms. The molecule has 7 nitrogen and oxygen atoms in total. The SMILES string of the molecule is CC(=O)N1CCC(Oc2ccc(Br)c(F)c2[C@H]2NC(=O)C[C@@H](C3C=CC=C(Cl)C3)[C@]23C(=O)Nc2cc(Cl)ccc23)CC1. The molecule has 0 bridgehead atoms. The molecule has 42 heavy (non-hydrogen) atoms. The number of benzene rings is 2. The molecule has 2 saturated heterocycles. The third-order valence-corrected chi connectivity index (χ3v) is 10.1. The number of hydrogen-bond donors (Lipinski definition) is 2. The Morgan fingerprint density at radius 2 is 1.90 bits per heavy atom. The van der Waals surface area contributed by atoms with Gasteiger partial charge in [0.2, 0.25) is 17.7 Å². The highest BCUT2D eigenvalue weighted by Gasteiger charge is 2.63. The van der Waals surface area contributed by atoms with Gasteiger partial charge in [-0.05, 0) is 70.1 Å². The van der Waals surface area contributed by atoms with Crippen LogP contribution in [-0.2, 0) is 19.8 Å². The number of piperidine rings is 2. The van der Waals surface area contributed by atoms with E-state index in [4.69, 9.17) is 27.9 Å². The van der Waals surface area contributed by atoms with Crippen LogP contribution < -0.4 is 15.4 Å². The van der Waals surface area contributed by atoms with Crippen molar-refractivity contribution in [3.05, 3.63) is 80.0 Å². The van der Waals surface area contributed by atoms with E-state index in [-0.39, 0.29) is 51.9 Å². The van der Waals surface area contributed by atoms with Gasteiger partial charge in [0, 0.05) is 55.0 Å². The van der Waals surface area contributed by atoms with Gasteiger partial charge in [0.1, 0.15) is 23.1 Å². The number of nitrogens with zero attached hydrogens (tertiary/aromatic N) is 1. The molecular formula is C31H29BrCl2FN3O4. The van der Waals surface area contributed by atoms with Crippen LogP contribution in [0.2, 0.25) is 5.02 Å². The smallest absolute Gasteiger partial charge is 0.237 e. The summed E-state index contributed by atoms with van der Waals surface area (Å²) in [5, 5.41) is 7.04. The molecule has 3 aliphatic heterocycles. The topological polar surface area (TPSA) is 87.7 Å². The number of carbonyl (C=O) groups is 3. The zero-order valence-electron chi connectivity index (χ0n) is 22.8. The number of anilines is 1. The maximum absolute atomic E-state index is 16.4. The van der Waals surface area contributed by atoms with Crippen molar-refractivity contribution in [1.29, 1.82) is 0 Å². The van der Waals surface area contributed by atoms with Crippen molar-refractivity contribution < 1.29 is 23.5 Å². The average molecular weight is 677 g/mol. The molecule has 4 atom stereocenters. The third-order valence-electron chi connectivity index (χ3n) is 8.95. The Morgan fingerprint density at radius 1 is 1.14 bits per heavy atom. The Kier molecular flexibility index (Phi) is 7.87. The summed E-state index contributed by atoms with van der Waals surface area (Å²) in [6.45, 7) is 2.59. The number of likely N-dealkylation sites (tertiary alicyclic amines) is 1. The molecule has 220 valence electrons. The van der Waals surface area contributed by atoms with Crippen molar-refractivity contribution in [3.63, 3.8) is 0 Å². The monoisotopic (exact) mass is 675 g/mol. The van der Waals surface area contributed by atoms with E-state index < -0.39 is 23.2 Å². The number of fused-ring (bicyclic) bond motifs is 2. The molecule has 0 radical (unpaired) electrons. The Morgan fingerprint density at radius 3 is 2.62 bits per heavy atom. The summed E-state index contributed by atoms with van der Waals surface area (Å²) in [5.74, 6) is -1.85. The summed E-state index contributed by atoms with van der Waals surface area (Å²) in [7, 11) is 0. The van der Waals surface area contributed by atoms with E-state index in [0.29, 0.717) is 53.7 Å². The Bertz CT molecular complexity index is 1540. The summed E-state index contributed by atoms with van der Waals surface area (Å²) < 4.78 is 23.0. The van der Waals surface area contributed by atoms with Gasteiger partial charge in [-0.3, -0.25) is 14.4 Å². The molecule has 1 aliphatic carbocycles. The molecule has 0 aromatic heterocycles. The van der Waals surface area contributed by atoms with Gasteiger partial charge in [-0.15, -0.1) is 0 Å². The third kappa shape index (κ3) is 4.93. The van der Waals surface area contributed by atoms with Gasteiger partial charge in [0.15, 0.2) is 0 Å². The molecule has 2 N–H and O–H groups in total. The van der Waals surface area contributed by atoms with Gasteiger partial charge >= 0.3 is 0 Å². The minimum Gasteiger partial charge on any atom is -0.490 e. The van der Waals surface area contributed by atoms with Gasteiger partial charge in [-0.1, -0.05) is 41.4 Å². The highest BCUT2D eigenvalue weighted by Crippen LogP contribution is 2.59. The van der Waals surface area contributed by atoms with Crippen LogP contribution in [0.5, 0.6) is 5.75 Å². The van der Waals surface area contributed by atoms with E-state index in [1.165, 1.54) is 6.92 Å². The quantitative estimate of drug-likeness (QED) is 0.393. The molecule has 3 amide bonds. The van der Waals surface area contributed by atoms with Crippen LogP contribution in [0.15, 0.2) is 58.1 Å². The van der Waals surface area contributed by atoms with E-state index in [1.54, 1.807) is 41.3 Å². The second kappa shape index (κ2) is 11.3. The normalized spacial score (nSPS) is 27.4. The van der Waals surface area contributed by atoms with Crippen LogP contribution >= 0.6 is 39.1 Å². The second-order valence-electron chi connectivity index (χ2n) is 11.3. The fraction of sp³-hybridized carbons (Fsp3) is 0.387. The van der Waals surface area contributed by atoms with E-state index in [2.05, 4.69) is 26.6 Å². The van der Waals surface area contributed by atoms with E-state index in [9.17, 15) is 14.4 Å². The highest BCUT2D eigenvalue weighted by molar-refractivity contribution is 9.10. The summed E-state index contributed by atoms with van der Waals surface area (Å²) in [6.07, 6.45) is 6.95. The van der Waals surface area contributed by atoms with Crippen molar-refractivity contribution in [1.82, 2.24) is 10.2 Å². The molecule has 2 aromatic carbocycles. The molecule has 0 saturated carbocycles. The molecule has 6 rings (SSSR count). The minimum absolute atomic E-state index is 0.000507. The first-order valence-corrected chi connectivity index (χ1v) is 15.5. The Hall–Kier alpha value is -2.88. The maximum Gasteiger partial charge on any atom is 0.237 e. The van der Waals surface area contributed by atoms with Crippen LogP contribution in [0.3, 0.4) is 0 Å². The standard InChI is InChI=1S/C31H29BrCl2FN3O4/c1-16(39)38-11-9-20(10-12-38)42-25-8-7-23(32)28(35)27(25)29-31(21-6-5-19(34)14-24(21)36-30(31)41)22(15-26(40)37-29)17-3-2-4-18(33)13-17/h2-8,14,17,20,22,29H,9-13,15H2,1H3,(H,36,41)(H,37,40)/t17?,22-,29+,31-/m0/s1. The fourth-order valence-electron chi connectivity index (χ4n) is 7.01. The lowest BCUT2D eigenvalue weighted by Crippen LogP contribution is -2.59. The second-order valence-corrected chi connectivity index (χ2v) is 13.1. The van der Waals surface area contributed by atoms with E-state index >= 15 is 4.39 Å². The zero-order chi connectivity index (χ0) is 29.8. The predicted octanol–water partition coefficient (Wildman–Crippen LogP) is 6.40. The van der Waals surface area contributed by atoms with Crippen molar-refractivity contribution in [2.45, 2.75) is 50.2 Å². The molecule has 3 heterocycles. The predicted molar refractivity (Wildman–Crippen MR) is 162 cm³/mol. The summed E-state index contributed by atoms with van der Waals surface area (Å²) in [5.41, 5.74) is -0.147. The number of rotatable bonds is 4. The summed E-state index contributed by atoms with van der Waals surface area (Å²) in [4.78, 5) is 41.4. The van der Waals surface area contributed by atoms with Gasteiger partial charge in [-0.2, -0.15) is 0 Å². The first-order valence-electron chi connectivity index (χ1n) is 13.9. The molecule has 4 aliphatic rings. The van der Waals surface area contributed by atoms with Crippen molar-refractivity contribution in [2.75, 3.05) is 18.4 Å². The number of carbonyl (C=O) groups excluding carboxylic acids is 3. The first kappa shape index (κ1) is 29.2. The number of hydrogen-bond acceptors (Lipinski definition) is 4. The van der Waals surface area contributed by atoms with Crippen LogP contribution in [0, 0.1) is 17.7 Å². The highest BCUT2D eigenvalue weighted by atomic mass is 79.9. The Labute approximate surface area is 261 Å². The van der Waals surface area contributed by atoms with Gasteiger partial charge in [-0.25, -0.2) is 4.39 Å². The number of amides is 3. The zero-order valence-corrected chi connectivity index (χ0v) is 25.9. The van der Waals surface area contributed by atoms with Crippen LogP contribution in [-0.4, -0.2) is 41.8 Å². The fourth-order valence-corrected chi connectivity index (χ4v) is 7.78. The van der Waals surface area contributed by atoms with Gasteiger partial charge < -0.3 is 20.3 Å². The minimum atomic E-state index is -1.39. The van der Waals surface area contributed by atoms with E-state index in [1.807, 2.05) is 12.2 Å². The lowest BCUT2D eigenvalue weighted by molar-refractivity contribution is -0.135. The van der Waals surface area contributed by atoms with Crippen molar-refractivity contribution >= 4 is 62.5 Å². The average Bonchev–Trinajstić information content (AvgIpc) is 3.23. The number of halogens is 4. The molecular weight excluding hydrogens is 648 g/mol. The van der Waals surface area contributed by atoms with Crippen molar-refractivity contribution in [3.8, 4) is 5.75 Å². The van der Waals surface area contributed by atoms with Crippen LogP contribution in [0.1, 0.15) is 49.8 Å². The summed E-state index contributed by atoms with van der Waals surface area (Å²) >= 11 is 16.1. The van der Waals surface area contributed by atoms with Crippen molar-refractivity contribution in [2.24, 2.45) is 11.8 Å². The first-order chi connectivity index (χ1) is 20.1. The van der Waals surface area contributed by atoms with Gasteiger partial charge in [0.05, 0.1) is 16.1 Å². The van der Waals surface area contributed by atoms with Crippen LogP contribution in [0.4, 0.5) is 10.1 Å². The largest absolute Gasteiger partial charge is 0.490 e. The Balaban J connectivity index is 1.50. The van der Waals surface area contributed by atoms with E-state index in [0.717, 1.165) is 0 Å². The maximum atomic E-state index is 16.4. The summed E-state index contributed by atoms with van der Waals surface area (Å²) in [6, 6.07) is 7.28. The molecule has 2 aromatic rings. The van der Waals surface area contributed by atoms with Gasteiger partial charge in [0.25, 0.3) is 0 Å².